The van der Waals surface area contributed by atoms with Crippen LogP contribution < -0.4 is 0 Å². The molecule has 0 unspecified atom stereocenters. The third-order valence-electron chi connectivity index (χ3n) is 2.61. The second kappa shape index (κ2) is 11.9. The van der Waals surface area contributed by atoms with Crippen LogP contribution in [0.3, 0.4) is 0 Å². The Bertz CT molecular complexity index is 267. The Hall–Kier alpha value is -0.200. The van der Waals surface area contributed by atoms with Crippen molar-refractivity contribution in [2.45, 2.75) is 51.4 Å². The topological polar surface area (TPSA) is 63.6 Å². The molecule has 0 aliphatic carbocycles. The average molecular weight is 284 g/mol. The van der Waals surface area contributed by atoms with Crippen LogP contribution in [0.5, 0.6) is 0 Å². The first-order valence-corrected chi connectivity index (χ1v) is 8.26. The van der Waals surface area contributed by atoms with Crippen molar-refractivity contribution in [2.75, 3.05) is 25.6 Å². The van der Waals surface area contributed by atoms with Crippen LogP contribution in [0.15, 0.2) is 0 Å². The summed E-state index contributed by atoms with van der Waals surface area (Å²) in [6, 6.07) is 0. The van der Waals surface area contributed by atoms with Crippen LogP contribution in [0.4, 0.5) is 4.39 Å². The Morgan fingerprint density at radius 1 is 0.833 bits per heavy atom. The second-order valence-electron chi connectivity index (χ2n) is 4.42. The van der Waals surface area contributed by atoms with Crippen LogP contribution in [-0.2, 0) is 14.9 Å². The van der Waals surface area contributed by atoms with E-state index in [4.69, 9.17) is 9.29 Å². The third kappa shape index (κ3) is 15.8. The van der Waals surface area contributed by atoms with Gasteiger partial charge in [-0.15, -0.1) is 0 Å². The summed E-state index contributed by atoms with van der Waals surface area (Å²) in [4.78, 5) is 0. The van der Waals surface area contributed by atoms with Crippen molar-refractivity contribution < 1.29 is 22.1 Å². The smallest absolute Gasteiger partial charge is 0.264 e. The van der Waals surface area contributed by atoms with Crippen molar-refractivity contribution in [1.82, 2.24) is 0 Å². The highest BCUT2D eigenvalue weighted by molar-refractivity contribution is 7.85. The molecular weight excluding hydrogens is 259 g/mol. The summed E-state index contributed by atoms with van der Waals surface area (Å²) in [6.07, 6.45) is 7.42. The predicted molar refractivity (Wildman–Crippen MR) is 70.1 cm³/mol. The maximum Gasteiger partial charge on any atom is 0.264 e. The predicted octanol–water partition coefficient (Wildman–Crippen LogP) is 2.98. The minimum Gasteiger partial charge on any atom is -0.381 e. The molecule has 0 bridgehead atoms. The number of ether oxygens (including phenoxy) is 1. The van der Waals surface area contributed by atoms with Crippen LogP contribution in [0.25, 0.3) is 0 Å². The van der Waals surface area contributed by atoms with E-state index in [1.54, 1.807) is 0 Å². The highest BCUT2D eigenvalue weighted by Crippen LogP contribution is 2.07. The molecule has 0 aromatic heterocycles. The maximum atomic E-state index is 11.8. The van der Waals surface area contributed by atoms with Crippen LogP contribution in [-0.4, -0.2) is 38.6 Å². The summed E-state index contributed by atoms with van der Waals surface area (Å²) >= 11 is 0. The van der Waals surface area contributed by atoms with Gasteiger partial charge in [-0.1, -0.05) is 32.1 Å². The first-order valence-electron chi connectivity index (χ1n) is 6.65. The molecule has 18 heavy (non-hydrogen) atoms. The molecular formula is C12H25FO4S. The Balaban J connectivity index is 3.03. The zero-order valence-corrected chi connectivity index (χ0v) is 11.8. The van der Waals surface area contributed by atoms with Gasteiger partial charge in [0.15, 0.2) is 0 Å². The van der Waals surface area contributed by atoms with E-state index in [1.807, 2.05) is 0 Å². The molecule has 0 radical (unpaired) electrons. The van der Waals surface area contributed by atoms with Crippen molar-refractivity contribution in [1.29, 1.82) is 0 Å². The third-order valence-corrected chi connectivity index (χ3v) is 3.42. The SMILES string of the molecule is O=S(=O)(O)CCCOCCCCCCCCCF. The minimum absolute atomic E-state index is 0.211. The van der Waals surface area contributed by atoms with Gasteiger partial charge in [0, 0.05) is 13.2 Å². The van der Waals surface area contributed by atoms with Crippen molar-refractivity contribution in [3.8, 4) is 0 Å². The van der Waals surface area contributed by atoms with E-state index in [0.717, 1.165) is 38.5 Å². The van der Waals surface area contributed by atoms with Gasteiger partial charge in [-0.2, -0.15) is 8.42 Å². The summed E-state index contributed by atoms with van der Waals surface area (Å²) in [6.45, 7) is 0.795. The van der Waals surface area contributed by atoms with Crippen LogP contribution in [0.2, 0.25) is 0 Å². The van der Waals surface area contributed by atoms with Gasteiger partial charge in [0.2, 0.25) is 0 Å². The van der Waals surface area contributed by atoms with Crippen molar-refractivity contribution in [2.24, 2.45) is 0 Å². The second-order valence-corrected chi connectivity index (χ2v) is 5.99. The summed E-state index contributed by atoms with van der Waals surface area (Å²) in [5.74, 6) is -0.235. The number of halogens is 1. The molecule has 0 spiro atoms. The Morgan fingerprint density at radius 2 is 1.33 bits per heavy atom. The van der Waals surface area contributed by atoms with Gasteiger partial charge in [0.25, 0.3) is 10.1 Å². The number of rotatable bonds is 13. The zero-order valence-electron chi connectivity index (χ0n) is 10.9. The lowest BCUT2D eigenvalue weighted by Gasteiger charge is -2.03. The van der Waals surface area contributed by atoms with Gasteiger partial charge >= 0.3 is 0 Å². The van der Waals surface area contributed by atoms with Gasteiger partial charge in [-0.05, 0) is 19.3 Å². The standard InChI is InChI=1S/C12H25FO4S/c13-9-6-4-2-1-3-5-7-10-17-11-8-12-18(14,15)16/h1-12H2,(H,14,15,16). The molecule has 0 saturated carbocycles. The highest BCUT2D eigenvalue weighted by Gasteiger charge is 2.02. The van der Waals surface area contributed by atoms with E-state index in [2.05, 4.69) is 0 Å². The molecule has 0 saturated heterocycles. The summed E-state index contributed by atoms with van der Waals surface area (Å²) in [7, 11) is -3.84. The van der Waals surface area contributed by atoms with E-state index < -0.39 is 10.1 Å². The van der Waals surface area contributed by atoms with E-state index in [1.165, 1.54) is 0 Å². The highest BCUT2D eigenvalue weighted by atomic mass is 32.2. The number of alkyl halides is 1. The van der Waals surface area contributed by atoms with Crippen molar-refractivity contribution in [3.05, 3.63) is 0 Å². The fraction of sp³-hybridized carbons (Fsp3) is 1.00. The van der Waals surface area contributed by atoms with Crippen molar-refractivity contribution >= 4 is 10.1 Å². The van der Waals surface area contributed by atoms with Gasteiger partial charge in [-0.25, -0.2) is 0 Å². The first kappa shape index (κ1) is 17.8. The summed E-state index contributed by atoms with van der Waals surface area (Å²) < 4.78 is 46.3. The van der Waals surface area contributed by atoms with Gasteiger partial charge in [0.05, 0.1) is 12.4 Å². The summed E-state index contributed by atoms with van der Waals surface area (Å²) in [5, 5.41) is 0. The molecule has 6 heteroatoms. The fourth-order valence-electron chi connectivity index (χ4n) is 1.63. The number of hydrogen-bond acceptors (Lipinski definition) is 3. The molecule has 1 N–H and O–H groups in total. The number of unbranched alkanes of at least 4 members (excludes halogenated alkanes) is 6. The lowest BCUT2D eigenvalue weighted by atomic mass is 10.1. The Kier molecular flexibility index (Phi) is 11.7. The Morgan fingerprint density at radius 3 is 1.89 bits per heavy atom. The Labute approximate surface area is 110 Å². The minimum atomic E-state index is -3.84. The molecule has 0 aromatic rings. The molecule has 0 rings (SSSR count). The van der Waals surface area contributed by atoms with E-state index in [0.29, 0.717) is 26.1 Å². The van der Waals surface area contributed by atoms with Gasteiger partial charge < -0.3 is 4.74 Å². The molecule has 0 fully saturated rings. The summed E-state index contributed by atoms with van der Waals surface area (Å²) in [5.41, 5.74) is 0. The largest absolute Gasteiger partial charge is 0.381 e. The molecule has 0 atom stereocenters. The van der Waals surface area contributed by atoms with Crippen LogP contribution >= 0.6 is 0 Å². The lowest BCUT2D eigenvalue weighted by Crippen LogP contribution is -2.07. The maximum absolute atomic E-state index is 11.8. The van der Waals surface area contributed by atoms with E-state index in [-0.39, 0.29) is 12.4 Å². The molecule has 0 heterocycles. The van der Waals surface area contributed by atoms with Gasteiger partial charge in [-0.3, -0.25) is 8.94 Å². The monoisotopic (exact) mass is 284 g/mol. The quantitative estimate of drug-likeness (QED) is 0.417. The molecule has 0 aliphatic rings. The van der Waals surface area contributed by atoms with Crippen LogP contribution in [0.1, 0.15) is 51.4 Å². The zero-order chi connectivity index (χ0) is 13.7. The van der Waals surface area contributed by atoms with Crippen molar-refractivity contribution in [3.63, 3.8) is 0 Å². The first-order chi connectivity index (χ1) is 8.56. The normalized spacial score (nSPS) is 11.9. The lowest BCUT2D eigenvalue weighted by molar-refractivity contribution is 0.130. The molecule has 0 aromatic carbocycles. The van der Waals surface area contributed by atoms with Crippen LogP contribution in [0, 0.1) is 0 Å². The van der Waals surface area contributed by atoms with Gasteiger partial charge in [0.1, 0.15) is 0 Å². The molecule has 0 aliphatic heterocycles. The fourth-order valence-corrected chi connectivity index (χ4v) is 2.11. The van der Waals surface area contributed by atoms with E-state index >= 15 is 0 Å². The van der Waals surface area contributed by atoms with E-state index in [9.17, 15) is 12.8 Å². The molecule has 110 valence electrons. The number of hydrogen-bond donors (Lipinski definition) is 1. The molecule has 4 nitrogen and oxygen atoms in total. The molecule has 0 amide bonds. The average Bonchev–Trinajstić information content (AvgIpc) is 2.29.